The maximum Gasteiger partial charge on any atom is 0.293 e. The first-order valence-corrected chi connectivity index (χ1v) is 3.62. The Labute approximate surface area is 61.9 Å². The number of hydrogen-bond acceptors (Lipinski definition) is 2. The number of carbonyl (C=O) groups excluding carboxylic acids is 1. The smallest absolute Gasteiger partial charge is 0.293 e. The van der Waals surface area contributed by atoms with Crippen LogP contribution in [0.5, 0.6) is 0 Å². The van der Waals surface area contributed by atoms with Gasteiger partial charge in [-0.15, -0.1) is 0 Å². The summed E-state index contributed by atoms with van der Waals surface area (Å²) in [6, 6.07) is 0. The Balaban J connectivity index is 2.96. The predicted molar refractivity (Wildman–Crippen MR) is 40.7 cm³/mol. The highest BCUT2D eigenvalue weighted by Gasteiger charge is 1.77. The third-order valence-corrected chi connectivity index (χ3v) is 1.15. The first-order chi connectivity index (χ1) is 4.91. The van der Waals surface area contributed by atoms with Gasteiger partial charge in [0.25, 0.3) is 6.47 Å². The standard InChI is InChI=1S/C8H14O2/c1-2-3-4-5-6-7-10-8-9/h5-6,8H,2-4,7H2,1H3. The molecule has 0 fully saturated rings. The monoisotopic (exact) mass is 142 g/mol. The lowest BCUT2D eigenvalue weighted by Crippen LogP contribution is -1.84. The molecule has 0 spiro atoms. The molecule has 0 heterocycles. The Kier molecular flexibility index (Phi) is 7.56. The molecule has 2 nitrogen and oxygen atoms in total. The highest BCUT2D eigenvalue weighted by atomic mass is 16.5. The summed E-state index contributed by atoms with van der Waals surface area (Å²) in [6.07, 6.45) is 7.40. The van der Waals surface area contributed by atoms with Gasteiger partial charge in [-0.3, -0.25) is 4.79 Å². The molecule has 0 aromatic carbocycles. The molecular weight excluding hydrogens is 128 g/mol. The van der Waals surface area contributed by atoms with E-state index in [1.54, 1.807) is 0 Å². The Morgan fingerprint density at radius 3 is 2.80 bits per heavy atom. The molecule has 0 aromatic rings. The lowest BCUT2D eigenvalue weighted by Gasteiger charge is -1.89. The number of unbranched alkanes of at least 4 members (excludes halogenated alkanes) is 2. The highest BCUT2D eigenvalue weighted by molar-refractivity contribution is 5.37. The summed E-state index contributed by atoms with van der Waals surface area (Å²) in [6.45, 7) is 3.02. The summed E-state index contributed by atoms with van der Waals surface area (Å²) in [5, 5.41) is 0. The van der Waals surface area contributed by atoms with Gasteiger partial charge in [-0.2, -0.15) is 0 Å². The van der Waals surface area contributed by atoms with Crippen LogP contribution in [-0.2, 0) is 9.53 Å². The first kappa shape index (κ1) is 9.21. The molecule has 58 valence electrons. The van der Waals surface area contributed by atoms with E-state index >= 15 is 0 Å². The molecule has 0 atom stereocenters. The topological polar surface area (TPSA) is 26.3 Å². The lowest BCUT2D eigenvalue weighted by atomic mass is 10.2. The summed E-state index contributed by atoms with van der Waals surface area (Å²) in [4.78, 5) is 9.64. The molecule has 0 radical (unpaired) electrons. The van der Waals surface area contributed by atoms with Crippen LogP contribution < -0.4 is 0 Å². The van der Waals surface area contributed by atoms with Crippen LogP contribution in [0.15, 0.2) is 12.2 Å². The zero-order chi connectivity index (χ0) is 7.66. The molecule has 0 amide bonds. The fourth-order valence-corrected chi connectivity index (χ4v) is 0.603. The van der Waals surface area contributed by atoms with Crippen LogP contribution in [0.1, 0.15) is 26.2 Å². The summed E-state index contributed by atoms with van der Waals surface area (Å²) in [5.41, 5.74) is 0. The molecular formula is C8H14O2. The Morgan fingerprint density at radius 2 is 2.20 bits per heavy atom. The second-order valence-electron chi connectivity index (χ2n) is 2.04. The Hall–Kier alpha value is -0.790. The van der Waals surface area contributed by atoms with Crippen LogP contribution in [0.4, 0.5) is 0 Å². The van der Waals surface area contributed by atoms with Crippen LogP contribution in [0, 0.1) is 0 Å². The maximum atomic E-state index is 9.64. The van der Waals surface area contributed by atoms with Gasteiger partial charge in [0.15, 0.2) is 0 Å². The number of rotatable bonds is 6. The van der Waals surface area contributed by atoms with Crippen LogP contribution in [0.25, 0.3) is 0 Å². The minimum atomic E-state index is 0.410. The second-order valence-corrected chi connectivity index (χ2v) is 2.04. The van der Waals surface area contributed by atoms with Crippen LogP contribution in [0.2, 0.25) is 0 Å². The van der Waals surface area contributed by atoms with Gasteiger partial charge in [0.1, 0.15) is 6.61 Å². The SMILES string of the molecule is CCCCC=CCOC=O. The van der Waals surface area contributed by atoms with Gasteiger partial charge in [-0.1, -0.05) is 31.9 Å². The number of ether oxygens (including phenoxy) is 1. The fraction of sp³-hybridized carbons (Fsp3) is 0.625. The van der Waals surface area contributed by atoms with Crippen molar-refractivity contribution in [2.24, 2.45) is 0 Å². The van der Waals surface area contributed by atoms with Gasteiger partial charge in [-0.25, -0.2) is 0 Å². The largest absolute Gasteiger partial charge is 0.464 e. The van der Waals surface area contributed by atoms with Crippen LogP contribution >= 0.6 is 0 Å². The highest BCUT2D eigenvalue weighted by Crippen LogP contribution is 1.94. The van der Waals surface area contributed by atoms with Crippen LogP contribution in [0.3, 0.4) is 0 Å². The Morgan fingerprint density at radius 1 is 1.40 bits per heavy atom. The summed E-state index contributed by atoms with van der Waals surface area (Å²) in [5.74, 6) is 0. The third kappa shape index (κ3) is 7.21. The van der Waals surface area contributed by atoms with E-state index in [4.69, 9.17) is 0 Å². The van der Waals surface area contributed by atoms with Crippen LogP contribution in [-0.4, -0.2) is 13.1 Å². The molecule has 0 aromatic heterocycles. The number of allylic oxidation sites excluding steroid dienone is 1. The molecule has 0 N–H and O–H groups in total. The molecule has 0 aliphatic carbocycles. The zero-order valence-corrected chi connectivity index (χ0v) is 6.38. The number of hydrogen-bond donors (Lipinski definition) is 0. The van der Waals surface area contributed by atoms with E-state index in [0.717, 1.165) is 6.42 Å². The molecule has 0 rings (SSSR count). The Bertz CT molecular complexity index is 97.4. The molecule has 2 heteroatoms. The summed E-state index contributed by atoms with van der Waals surface area (Å²) < 4.78 is 4.45. The van der Waals surface area contributed by atoms with Crippen molar-refractivity contribution in [2.45, 2.75) is 26.2 Å². The van der Waals surface area contributed by atoms with Crippen molar-refractivity contribution in [3.63, 3.8) is 0 Å². The number of carbonyl (C=O) groups is 1. The second kappa shape index (κ2) is 8.21. The molecule has 0 aliphatic heterocycles. The molecule has 0 saturated carbocycles. The molecule has 0 unspecified atom stereocenters. The van der Waals surface area contributed by atoms with Crippen molar-refractivity contribution in [1.82, 2.24) is 0 Å². The van der Waals surface area contributed by atoms with Gasteiger partial charge >= 0.3 is 0 Å². The quantitative estimate of drug-likeness (QED) is 0.321. The average molecular weight is 142 g/mol. The first-order valence-electron chi connectivity index (χ1n) is 3.62. The normalized spacial score (nSPS) is 10.1. The van der Waals surface area contributed by atoms with E-state index in [9.17, 15) is 4.79 Å². The van der Waals surface area contributed by atoms with Crippen molar-refractivity contribution >= 4 is 6.47 Å². The summed E-state index contributed by atoms with van der Waals surface area (Å²) in [7, 11) is 0. The van der Waals surface area contributed by atoms with Crippen molar-refractivity contribution < 1.29 is 9.53 Å². The van der Waals surface area contributed by atoms with Gasteiger partial charge < -0.3 is 4.74 Å². The van der Waals surface area contributed by atoms with E-state index in [0.29, 0.717) is 13.1 Å². The zero-order valence-electron chi connectivity index (χ0n) is 6.38. The average Bonchev–Trinajstić information content (AvgIpc) is 1.97. The van der Waals surface area contributed by atoms with Gasteiger partial charge in [0, 0.05) is 0 Å². The minimum absolute atomic E-state index is 0.410. The van der Waals surface area contributed by atoms with Gasteiger partial charge in [0.05, 0.1) is 0 Å². The van der Waals surface area contributed by atoms with Gasteiger partial charge in [0.2, 0.25) is 0 Å². The van der Waals surface area contributed by atoms with E-state index in [1.165, 1.54) is 12.8 Å². The third-order valence-electron chi connectivity index (χ3n) is 1.15. The molecule has 0 aliphatic rings. The summed E-state index contributed by atoms with van der Waals surface area (Å²) >= 11 is 0. The van der Waals surface area contributed by atoms with Crippen molar-refractivity contribution in [1.29, 1.82) is 0 Å². The predicted octanol–water partition coefficient (Wildman–Crippen LogP) is 1.91. The van der Waals surface area contributed by atoms with E-state index < -0.39 is 0 Å². The minimum Gasteiger partial charge on any atom is -0.464 e. The van der Waals surface area contributed by atoms with Crippen molar-refractivity contribution in [3.05, 3.63) is 12.2 Å². The van der Waals surface area contributed by atoms with Crippen molar-refractivity contribution in [3.8, 4) is 0 Å². The molecule has 10 heavy (non-hydrogen) atoms. The fourth-order valence-electron chi connectivity index (χ4n) is 0.603. The van der Waals surface area contributed by atoms with E-state index in [-0.39, 0.29) is 0 Å². The van der Waals surface area contributed by atoms with Gasteiger partial charge in [-0.05, 0) is 6.42 Å². The van der Waals surface area contributed by atoms with E-state index in [2.05, 4.69) is 11.7 Å². The lowest BCUT2D eigenvalue weighted by molar-refractivity contribution is -0.127. The molecule has 0 bridgehead atoms. The van der Waals surface area contributed by atoms with E-state index in [1.807, 2.05) is 12.2 Å². The molecule has 0 saturated heterocycles. The van der Waals surface area contributed by atoms with Crippen molar-refractivity contribution in [2.75, 3.05) is 6.61 Å². The maximum absolute atomic E-state index is 9.64.